The van der Waals surface area contributed by atoms with Crippen molar-refractivity contribution in [3.8, 4) is 0 Å². The lowest BCUT2D eigenvalue weighted by atomic mass is 9.92. The molecule has 0 aromatic heterocycles. The smallest absolute Gasteiger partial charge is 0.261 e. The van der Waals surface area contributed by atoms with Crippen LogP contribution < -0.4 is 0 Å². The molecule has 0 N–H and O–H groups in total. The molecule has 0 unspecified atom stereocenters. The van der Waals surface area contributed by atoms with Crippen molar-refractivity contribution in [1.29, 1.82) is 0 Å². The summed E-state index contributed by atoms with van der Waals surface area (Å²) in [4.78, 5) is 26.3. The number of benzene rings is 1. The Morgan fingerprint density at radius 2 is 2.00 bits per heavy atom. The van der Waals surface area contributed by atoms with E-state index in [2.05, 4.69) is 0 Å². The molecule has 0 aliphatic carbocycles. The van der Waals surface area contributed by atoms with Gasteiger partial charge in [0.2, 0.25) is 0 Å². The van der Waals surface area contributed by atoms with Gasteiger partial charge in [-0.15, -0.1) is 0 Å². The Balaban J connectivity index is 2.47. The van der Waals surface area contributed by atoms with Crippen LogP contribution in [-0.2, 0) is 14.3 Å². The Morgan fingerprint density at radius 1 is 1.36 bits per heavy atom. The van der Waals surface area contributed by atoms with E-state index in [0.717, 1.165) is 0 Å². The monoisotopic (exact) mass is 305 g/mol. The number of hydrogen-bond donors (Lipinski definition) is 0. The highest BCUT2D eigenvalue weighted by Gasteiger charge is 2.41. The molecule has 22 heavy (non-hydrogen) atoms. The number of nitrogens with zero attached hydrogens (tertiary/aromatic N) is 1. The summed E-state index contributed by atoms with van der Waals surface area (Å²) in [5.74, 6) is -0.584. The molecule has 0 atom stereocenters. The summed E-state index contributed by atoms with van der Waals surface area (Å²) in [5, 5.41) is 0. The summed E-state index contributed by atoms with van der Waals surface area (Å²) >= 11 is 0. The number of carbonyl (C=O) groups excluding carboxylic acids is 2. The molecule has 1 aliphatic heterocycles. The second-order valence-corrected chi connectivity index (χ2v) is 5.75. The Hall–Kier alpha value is -2.17. The summed E-state index contributed by atoms with van der Waals surface area (Å²) in [6.07, 6.45) is 0.314. The van der Waals surface area contributed by atoms with E-state index in [1.807, 2.05) is 0 Å². The standard InChI is InChI=1S/C17H20FNO3/c1-5-14(20)17(3,4)19-10-22-11(2)15(16(19)21)12-8-6-7-9-13(12)18/h6-9H,5,10H2,1-4H3. The third kappa shape index (κ3) is 2.63. The van der Waals surface area contributed by atoms with Crippen LogP contribution in [0.5, 0.6) is 0 Å². The highest BCUT2D eigenvalue weighted by atomic mass is 19.1. The third-order valence-electron chi connectivity index (χ3n) is 4.04. The van der Waals surface area contributed by atoms with E-state index in [9.17, 15) is 14.0 Å². The molecule has 5 heteroatoms. The van der Waals surface area contributed by atoms with Gasteiger partial charge in [0.25, 0.3) is 5.91 Å². The van der Waals surface area contributed by atoms with Crippen molar-refractivity contribution in [3.05, 3.63) is 41.4 Å². The number of amides is 1. The van der Waals surface area contributed by atoms with Gasteiger partial charge in [-0.2, -0.15) is 0 Å². The summed E-state index contributed by atoms with van der Waals surface area (Å²) in [7, 11) is 0. The summed E-state index contributed by atoms with van der Waals surface area (Å²) in [6.45, 7) is 6.73. The average molecular weight is 305 g/mol. The quantitative estimate of drug-likeness (QED) is 0.858. The number of allylic oxidation sites excluding steroid dienone is 1. The first-order valence-electron chi connectivity index (χ1n) is 7.24. The van der Waals surface area contributed by atoms with Crippen LogP contribution in [0.4, 0.5) is 4.39 Å². The number of hydrogen-bond acceptors (Lipinski definition) is 3. The number of ether oxygens (including phenoxy) is 1. The second-order valence-electron chi connectivity index (χ2n) is 5.75. The topological polar surface area (TPSA) is 46.6 Å². The minimum atomic E-state index is -0.997. The van der Waals surface area contributed by atoms with Gasteiger partial charge in [0, 0.05) is 12.0 Å². The van der Waals surface area contributed by atoms with Gasteiger partial charge < -0.3 is 4.74 Å². The Morgan fingerprint density at radius 3 is 2.59 bits per heavy atom. The molecule has 0 bridgehead atoms. The van der Waals surface area contributed by atoms with Gasteiger partial charge in [-0.3, -0.25) is 14.5 Å². The number of Topliss-reactive ketones (excluding diaryl/α,β-unsaturated/α-hetero) is 1. The molecule has 1 heterocycles. The van der Waals surface area contributed by atoms with Crippen molar-refractivity contribution in [2.24, 2.45) is 0 Å². The summed E-state index contributed by atoms with van der Waals surface area (Å²) in [6, 6.07) is 6.05. The van der Waals surface area contributed by atoms with E-state index in [0.29, 0.717) is 12.2 Å². The van der Waals surface area contributed by atoms with E-state index in [4.69, 9.17) is 4.74 Å². The molecule has 0 radical (unpaired) electrons. The summed E-state index contributed by atoms with van der Waals surface area (Å²) in [5.41, 5.74) is -0.640. The Bertz CT molecular complexity index is 649. The minimum absolute atomic E-state index is 0.0125. The molecular weight excluding hydrogens is 285 g/mol. The average Bonchev–Trinajstić information content (AvgIpc) is 2.48. The number of carbonyl (C=O) groups is 2. The van der Waals surface area contributed by atoms with E-state index in [1.54, 1.807) is 39.8 Å². The lowest BCUT2D eigenvalue weighted by Gasteiger charge is -2.40. The molecule has 1 aromatic rings. The summed E-state index contributed by atoms with van der Waals surface area (Å²) < 4.78 is 19.6. The lowest BCUT2D eigenvalue weighted by Crippen LogP contribution is -2.55. The van der Waals surface area contributed by atoms with Crippen LogP contribution in [-0.4, -0.2) is 28.9 Å². The maximum Gasteiger partial charge on any atom is 0.261 e. The van der Waals surface area contributed by atoms with Crippen molar-refractivity contribution in [2.45, 2.75) is 39.7 Å². The fraction of sp³-hybridized carbons (Fsp3) is 0.412. The van der Waals surface area contributed by atoms with Gasteiger partial charge in [0.15, 0.2) is 12.5 Å². The predicted octanol–water partition coefficient (Wildman–Crippen LogP) is 3.13. The Labute approximate surface area is 129 Å². The van der Waals surface area contributed by atoms with Gasteiger partial charge in [-0.25, -0.2) is 4.39 Å². The highest BCUT2D eigenvalue weighted by Crippen LogP contribution is 2.32. The highest BCUT2D eigenvalue weighted by molar-refractivity contribution is 6.21. The Kier molecular flexibility index (Phi) is 4.35. The molecular formula is C17H20FNO3. The zero-order valence-corrected chi connectivity index (χ0v) is 13.3. The van der Waals surface area contributed by atoms with Crippen LogP contribution in [0.3, 0.4) is 0 Å². The van der Waals surface area contributed by atoms with E-state index < -0.39 is 11.4 Å². The van der Waals surface area contributed by atoms with Crippen LogP contribution in [0, 0.1) is 5.82 Å². The zero-order chi connectivity index (χ0) is 16.5. The maximum absolute atomic E-state index is 14.0. The van der Waals surface area contributed by atoms with Gasteiger partial charge in [0.05, 0.1) is 11.1 Å². The van der Waals surface area contributed by atoms with Crippen molar-refractivity contribution in [3.63, 3.8) is 0 Å². The van der Waals surface area contributed by atoms with Crippen LogP contribution in [0.1, 0.15) is 39.7 Å². The molecule has 4 nitrogen and oxygen atoms in total. The first-order valence-corrected chi connectivity index (χ1v) is 7.24. The first kappa shape index (κ1) is 16.2. The van der Waals surface area contributed by atoms with Crippen LogP contribution in [0.25, 0.3) is 5.57 Å². The number of halogens is 1. The largest absolute Gasteiger partial charge is 0.477 e. The van der Waals surface area contributed by atoms with E-state index in [-0.39, 0.29) is 29.6 Å². The molecule has 0 spiro atoms. The van der Waals surface area contributed by atoms with E-state index >= 15 is 0 Å². The molecule has 1 amide bonds. The van der Waals surface area contributed by atoms with Crippen molar-refractivity contribution in [1.82, 2.24) is 4.90 Å². The van der Waals surface area contributed by atoms with Gasteiger partial charge in [-0.1, -0.05) is 25.1 Å². The van der Waals surface area contributed by atoms with Gasteiger partial charge in [-0.05, 0) is 26.8 Å². The fourth-order valence-electron chi connectivity index (χ4n) is 2.54. The number of rotatable bonds is 4. The molecule has 2 rings (SSSR count). The fourth-order valence-corrected chi connectivity index (χ4v) is 2.54. The second kappa shape index (κ2) is 5.91. The first-order chi connectivity index (χ1) is 10.3. The normalized spacial score (nSPS) is 15.9. The van der Waals surface area contributed by atoms with Crippen molar-refractivity contribution in [2.75, 3.05) is 6.73 Å². The zero-order valence-electron chi connectivity index (χ0n) is 13.3. The SMILES string of the molecule is CCC(=O)C(C)(C)N1COC(C)=C(c2ccccc2F)C1=O. The van der Waals surface area contributed by atoms with Crippen molar-refractivity contribution >= 4 is 17.3 Å². The molecule has 1 aromatic carbocycles. The molecule has 118 valence electrons. The molecule has 0 saturated carbocycles. The molecule has 0 saturated heterocycles. The van der Waals surface area contributed by atoms with Crippen LogP contribution in [0.15, 0.2) is 30.0 Å². The number of ketones is 1. The van der Waals surface area contributed by atoms with Crippen LogP contribution in [0.2, 0.25) is 0 Å². The minimum Gasteiger partial charge on any atom is -0.477 e. The predicted molar refractivity (Wildman–Crippen MR) is 81.2 cm³/mol. The van der Waals surface area contributed by atoms with Crippen LogP contribution >= 0.6 is 0 Å². The van der Waals surface area contributed by atoms with E-state index in [1.165, 1.54) is 17.0 Å². The lowest BCUT2D eigenvalue weighted by molar-refractivity contribution is -0.148. The molecule has 0 fully saturated rings. The van der Waals surface area contributed by atoms with Crippen molar-refractivity contribution < 1.29 is 18.7 Å². The van der Waals surface area contributed by atoms with Gasteiger partial charge >= 0.3 is 0 Å². The maximum atomic E-state index is 14.0. The third-order valence-corrected chi connectivity index (χ3v) is 4.04. The molecule has 1 aliphatic rings. The van der Waals surface area contributed by atoms with Gasteiger partial charge in [0.1, 0.15) is 11.6 Å².